The highest BCUT2D eigenvalue weighted by Crippen LogP contribution is 2.30. The molecule has 6 nitrogen and oxygen atoms in total. The van der Waals surface area contributed by atoms with Crippen LogP contribution in [0, 0.1) is 0 Å². The van der Waals surface area contributed by atoms with Gasteiger partial charge < -0.3 is 10.1 Å². The number of nitrogens with zero attached hydrogens (tertiary/aromatic N) is 4. The van der Waals surface area contributed by atoms with Crippen LogP contribution in [0.2, 0.25) is 5.02 Å². The second-order valence-corrected chi connectivity index (χ2v) is 6.70. The Balaban J connectivity index is 1.79. The number of imidazole rings is 1. The van der Waals surface area contributed by atoms with Crippen molar-refractivity contribution >= 4 is 46.0 Å². The summed E-state index contributed by atoms with van der Waals surface area (Å²) in [6.45, 7) is 0.776. The zero-order valence-electron chi connectivity index (χ0n) is 13.1. The number of anilines is 2. The maximum Gasteiger partial charge on any atom is 0.191 e. The van der Waals surface area contributed by atoms with Gasteiger partial charge in [-0.1, -0.05) is 29.4 Å². The van der Waals surface area contributed by atoms with Crippen molar-refractivity contribution in [2.24, 2.45) is 0 Å². The molecule has 1 unspecified atom stereocenters. The molecule has 0 radical (unpaired) electrons. The summed E-state index contributed by atoms with van der Waals surface area (Å²) >= 11 is 7.56. The summed E-state index contributed by atoms with van der Waals surface area (Å²) in [5.41, 5.74) is 2.37. The molecule has 3 heterocycles. The lowest BCUT2D eigenvalue weighted by Gasteiger charge is -2.12. The molecule has 1 saturated heterocycles. The highest BCUT2D eigenvalue weighted by Gasteiger charge is 2.22. The number of halogens is 1. The number of rotatable bonds is 4. The first-order valence-corrected chi connectivity index (χ1v) is 9.27. The van der Waals surface area contributed by atoms with Crippen molar-refractivity contribution < 1.29 is 4.74 Å². The van der Waals surface area contributed by atoms with E-state index in [0.717, 1.165) is 36.3 Å². The fraction of sp³-hybridized carbons (Fsp3) is 0.312. The third-order valence-corrected chi connectivity index (χ3v) is 4.67. The quantitative estimate of drug-likeness (QED) is 0.553. The van der Waals surface area contributed by atoms with Crippen LogP contribution in [0.4, 0.5) is 11.5 Å². The van der Waals surface area contributed by atoms with Crippen molar-refractivity contribution in [3.63, 3.8) is 0 Å². The Morgan fingerprint density at radius 3 is 3.04 bits per heavy atom. The molecule has 4 rings (SSSR count). The van der Waals surface area contributed by atoms with Crippen molar-refractivity contribution in [1.82, 2.24) is 19.5 Å². The summed E-state index contributed by atoms with van der Waals surface area (Å²) in [6, 6.07) is 7.52. The van der Waals surface area contributed by atoms with Gasteiger partial charge in [-0.15, -0.1) is 0 Å². The van der Waals surface area contributed by atoms with Crippen LogP contribution in [0.1, 0.15) is 19.1 Å². The Hall–Kier alpha value is -1.83. The molecule has 8 heteroatoms. The summed E-state index contributed by atoms with van der Waals surface area (Å²) in [4.78, 5) is 13.7. The molecule has 1 atom stereocenters. The number of hydrogen-bond donors (Lipinski definition) is 1. The first-order chi connectivity index (χ1) is 11.7. The summed E-state index contributed by atoms with van der Waals surface area (Å²) in [7, 11) is 0. The molecule has 24 heavy (non-hydrogen) atoms. The van der Waals surface area contributed by atoms with Crippen LogP contribution in [-0.2, 0) is 4.74 Å². The standard InChI is InChI=1S/C16H16ClN5OS/c1-24-16-20-14(19-11-5-2-4-10(17)8-11)13-15(21-16)22(9-18-13)12-6-3-7-23-12/h2,4-5,8-9,12H,3,6-7H2,1H3,(H,19,20,21). The molecule has 1 aromatic carbocycles. The number of ether oxygens (including phenoxy) is 1. The summed E-state index contributed by atoms with van der Waals surface area (Å²) in [5, 5.41) is 4.65. The van der Waals surface area contributed by atoms with Gasteiger partial charge >= 0.3 is 0 Å². The van der Waals surface area contributed by atoms with Crippen LogP contribution >= 0.6 is 23.4 Å². The molecule has 0 amide bonds. The predicted octanol–water partition coefficient (Wildman–Crippen LogP) is 4.25. The van der Waals surface area contributed by atoms with Crippen LogP contribution in [0.5, 0.6) is 0 Å². The lowest BCUT2D eigenvalue weighted by Crippen LogP contribution is -2.07. The Morgan fingerprint density at radius 1 is 1.38 bits per heavy atom. The fourth-order valence-corrected chi connectivity index (χ4v) is 3.32. The minimum absolute atomic E-state index is 0.00127. The Kier molecular flexibility index (Phi) is 4.30. The van der Waals surface area contributed by atoms with E-state index < -0.39 is 0 Å². The van der Waals surface area contributed by atoms with Crippen molar-refractivity contribution in [1.29, 1.82) is 0 Å². The average molecular weight is 362 g/mol. The maximum absolute atomic E-state index is 6.06. The first kappa shape index (κ1) is 15.7. The second-order valence-electron chi connectivity index (χ2n) is 5.49. The minimum Gasteiger partial charge on any atom is -0.358 e. The number of hydrogen-bond acceptors (Lipinski definition) is 6. The molecule has 1 N–H and O–H groups in total. The molecule has 1 fully saturated rings. The van der Waals surface area contributed by atoms with E-state index >= 15 is 0 Å². The third kappa shape index (κ3) is 2.94. The van der Waals surface area contributed by atoms with Crippen LogP contribution in [0.3, 0.4) is 0 Å². The number of thioether (sulfide) groups is 1. The van der Waals surface area contributed by atoms with Crippen molar-refractivity contribution in [2.75, 3.05) is 18.2 Å². The van der Waals surface area contributed by atoms with Crippen molar-refractivity contribution in [2.45, 2.75) is 24.2 Å². The number of aromatic nitrogens is 4. The van der Waals surface area contributed by atoms with Crippen molar-refractivity contribution in [3.05, 3.63) is 35.6 Å². The van der Waals surface area contributed by atoms with Gasteiger partial charge in [-0.05, 0) is 37.3 Å². The lowest BCUT2D eigenvalue weighted by atomic mass is 10.3. The van der Waals surface area contributed by atoms with E-state index in [4.69, 9.17) is 16.3 Å². The van der Waals surface area contributed by atoms with Crippen LogP contribution in [0.25, 0.3) is 11.2 Å². The van der Waals surface area contributed by atoms with E-state index in [1.54, 1.807) is 6.33 Å². The van der Waals surface area contributed by atoms with Gasteiger partial charge in [0.25, 0.3) is 0 Å². The molecule has 0 bridgehead atoms. The van der Waals surface area contributed by atoms with E-state index in [1.807, 2.05) is 35.1 Å². The molecule has 1 aliphatic rings. The number of benzene rings is 1. The van der Waals surface area contributed by atoms with Crippen molar-refractivity contribution in [3.8, 4) is 0 Å². The Morgan fingerprint density at radius 2 is 2.29 bits per heavy atom. The summed E-state index contributed by atoms with van der Waals surface area (Å²) in [5.74, 6) is 0.670. The summed E-state index contributed by atoms with van der Waals surface area (Å²) < 4.78 is 7.76. The van der Waals surface area contributed by atoms with E-state index in [1.165, 1.54) is 11.8 Å². The van der Waals surface area contributed by atoms with Crippen LogP contribution in [0.15, 0.2) is 35.7 Å². The molecular weight excluding hydrogens is 346 g/mol. The SMILES string of the molecule is CSc1nc(Nc2cccc(Cl)c2)c2ncn(C3CCCO3)c2n1. The van der Waals surface area contributed by atoms with Gasteiger partial charge in [0.2, 0.25) is 0 Å². The van der Waals surface area contributed by atoms with E-state index in [0.29, 0.717) is 16.0 Å². The zero-order valence-corrected chi connectivity index (χ0v) is 14.6. The molecule has 0 aliphatic carbocycles. The van der Waals surface area contributed by atoms with Crippen LogP contribution in [-0.4, -0.2) is 32.4 Å². The highest BCUT2D eigenvalue weighted by atomic mass is 35.5. The second kappa shape index (κ2) is 6.58. The van der Waals surface area contributed by atoms with Gasteiger partial charge in [0.15, 0.2) is 22.1 Å². The molecule has 2 aromatic heterocycles. The van der Waals surface area contributed by atoms with Gasteiger partial charge in [0.05, 0.1) is 6.33 Å². The lowest BCUT2D eigenvalue weighted by molar-refractivity contribution is 0.0592. The Labute approximate surface area is 148 Å². The Bertz CT molecular complexity index is 878. The molecule has 0 spiro atoms. The minimum atomic E-state index is -0.00127. The van der Waals surface area contributed by atoms with Gasteiger partial charge in [0, 0.05) is 17.3 Å². The molecule has 0 saturated carbocycles. The molecule has 3 aromatic rings. The van der Waals surface area contributed by atoms with Crippen LogP contribution < -0.4 is 5.32 Å². The average Bonchev–Trinajstić information content (AvgIpc) is 3.23. The van der Waals surface area contributed by atoms with E-state index in [2.05, 4.69) is 20.3 Å². The smallest absolute Gasteiger partial charge is 0.191 e. The largest absolute Gasteiger partial charge is 0.358 e. The molecule has 124 valence electrons. The highest BCUT2D eigenvalue weighted by molar-refractivity contribution is 7.98. The van der Waals surface area contributed by atoms with Gasteiger partial charge in [-0.25, -0.2) is 15.0 Å². The normalized spacial score (nSPS) is 17.5. The molecular formula is C16H16ClN5OS. The third-order valence-electron chi connectivity index (χ3n) is 3.89. The van der Waals surface area contributed by atoms with E-state index in [9.17, 15) is 0 Å². The predicted molar refractivity (Wildman–Crippen MR) is 96.1 cm³/mol. The van der Waals surface area contributed by atoms with Gasteiger partial charge in [0.1, 0.15) is 6.23 Å². The maximum atomic E-state index is 6.06. The van der Waals surface area contributed by atoms with E-state index in [-0.39, 0.29) is 6.23 Å². The fourth-order valence-electron chi connectivity index (χ4n) is 2.77. The monoisotopic (exact) mass is 361 g/mol. The van der Waals surface area contributed by atoms with Gasteiger partial charge in [-0.3, -0.25) is 4.57 Å². The molecule has 1 aliphatic heterocycles. The van der Waals surface area contributed by atoms with Gasteiger partial charge in [-0.2, -0.15) is 0 Å². The number of fused-ring (bicyclic) bond motifs is 1. The topological polar surface area (TPSA) is 64.9 Å². The summed E-state index contributed by atoms with van der Waals surface area (Å²) in [6.07, 6.45) is 5.76. The first-order valence-electron chi connectivity index (χ1n) is 7.67. The zero-order chi connectivity index (χ0) is 16.5. The number of nitrogens with one attached hydrogen (secondary N) is 1.